The fourth-order valence-corrected chi connectivity index (χ4v) is 2.97. The van der Waals surface area contributed by atoms with E-state index in [-0.39, 0.29) is 11.8 Å². The Bertz CT molecular complexity index is 875. The van der Waals surface area contributed by atoms with Crippen LogP contribution in [0.1, 0.15) is 35.2 Å². The average Bonchev–Trinajstić information content (AvgIpc) is 3.11. The van der Waals surface area contributed by atoms with Crippen LogP contribution in [0.4, 0.5) is 0 Å². The lowest BCUT2D eigenvalue weighted by Crippen LogP contribution is -2.28. The Morgan fingerprint density at radius 2 is 1.74 bits per heavy atom. The predicted octanol–water partition coefficient (Wildman–Crippen LogP) is 3.57. The lowest BCUT2D eigenvalue weighted by molar-refractivity contribution is -0.130. The topological polar surface area (TPSA) is 68.5 Å². The van der Waals surface area contributed by atoms with E-state index in [9.17, 15) is 4.79 Å². The van der Waals surface area contributed by atoms with Crippen molar-refractivity contribution in [2.45, 2.75) is 25.8 Å². The summed E-state index contributed by atoms with van der Waals surface area (Å²) in [5, 5.41) is 7.76. The van der Waals surface area contributed by atoms with Crippen molar-refractivity contribution >= 4 is 5.91 Å². The molecule has 27 heavy (non-hydrogen) atoms. The highest BCUT2D eigenvalue weighted by Gasteiger charge is 2.21. The third-order valence-corrected chi connectivity index (χ3v) is 4.46. The molecule has 0 radical (unpaired) electrons. The zero-order valence-electron chi connectivity index (χ0n) is 15.8. The van der Waals surface area contributed by atoms with E-state index in [1.807, 2.05) is 54.6 Å². The number of ether oxygens (including phenoxy) is 1. The monoisotopic (exact) mass is 365 g/mol. The molecule has 3 aromatic rings. The summed E-state index contributed by atoms with van der Waals surface area (Å²) in [6.45, 7) is 2.03. The predicted molar refractivity (Wildman–Crippen MR) is 101 cm³/mol. The van der Waals surface area contributed by atoms with Gasteiger partial charge in [0.25, 0.3) is 0 Å². The first-order valence-electron chi connectivity index (χ1n) is 8.78. The maximum atomic E-state index is 12.8. The van der Waals surface area contributed by atoms with Gasteiger partial charge in [-0.25, -0.2) is 0 Å². The van der Waals surface area contributed by atoms with Crippen LogP contribution in [0.2, 0.25) is 0 Å². The van der Waals surface area contributed by atoms with Gasteiger partial charge in [0.1, 0.15) is 5.75 Å². The molecule has 0 aliphatic heterocycles. The van der Waals surface area contributed by atoms with Gasteiger partial charge < -0.3 is 14.1 Å². The van der Waals surface area contributed by atoms with Crippen molar-refractivity contribution in [3.8, 4) is 5.75 Å². The molecule has 0 saturated heterocycles. The molecular weight excluding hydrogens is 342 g/mol. The van der Waals surface area contributed by atoms with Crippen LogP contribution in [-0.2, 0) is 11.3 Å². The molecule has 0 bridgehead atoms. The van der Waals surface area contributed by atoms with Gasteiger partial charge in [0.05, 0.1) is 13.7 Å². The van der Waals surface area contributed by atoms with Gasteiger partial charge in [0.15, 0.2) is 0 Å². The average molecular weight is 365 g/mol. The minimum absolute atomic E-state index is 0.00974. The minimum atomic E-state index is -0.0449. The fourth-order valence-electron chi connectivity index (χ4n) is 2.97. The van der Waals surface area contributed by atoms with E-state index in [1.54, 1.807) is 26.0 Å². The number of hydrogen-bond acceptors (Lipinski definition) is 5. The number of nitrogens with zero attached hydrogens (tertiary/aromatic N) is 3. The van der Waals surface area contributed by atoms with Crippen molar-refractivity contribution in [3.63, 3.8) is 0 Å². The van der Waals surface area contributed by atoms with Crippen LogP contribution < -0.4 is 4.74 Å². The maximum absolute atomic E-state index is 12.8. The molecule has 0 N–H and O–H groups in total. The van der Waals surface area contributed by atoms with Gasteiger partial charge >= 0.3 is 0 Å². The van der Waals surface area contributed by atoms with E-state index in [4.69, 9.17) is 9.15 Å². The van der Waals surface area contributed by atoms with E-state index in [0.29, 0.717) is 24.7 Å². The molecule has 0 fully saturated rings. The molecule has 1 amide bonds. The Morgan fingerprint density at radius 3 is 2.33 bits per heavy atom. The van der Waals surface area contributed by atoms with Crippen molar-refractivity contribution in [2.75, 3.05) is 14.2 Å². The fraction of sp³-hybridized carbons (Fsp3) is 0.286. The van der Waals surface area contributed by atoms with Crippen LogP contribution in [0.3, 0.4) is 0 Å². The largest absolute Gasteiger partial charge is 0.497 e. The number of aromatic nitrogens is 2. The standard InChI is InChI=1S/C21H23N3O3/c1-15-22-23-20(27-15)14-24(2)21(25)13-19(16-7-5-4-6-8-16)17-9-11-18(26-3)12-10-17/h4-12,19H,13-14H2,1-3H3/t19-/m0/s1. The van der Waals surface area contributed by atoms with Crippen molar-refractivity contribution in [2.24, 2.45) is 0 Å². The number of rotatable bonds is 7. The van der Waals surface area contributed by atoms with E-state index in [2.05, 4.69) is 10.2 Å². The van der Waals surface area contributed by atoms with Crippen molar-refractivity contribution < 1.29 is 13.9 Å². The number of amides is 1. The molecular formula is C21H23N3O3. The highest BCUT2D eigenvalue weighted by molar-refractivity contribution is 5.77. The Kier molecular flexibility index (Phi) is 5.86. The Labute approximate surface area is 158 Å². The molecule has 6 nitrogen and oxygen atoms in total. The molecule has 3 rings (SSSR count). The Morgan fingerprint density at radius 1 is 1.07 bits per heavy atom. The van der Waals surface area contributed by atoms with Crippen LogP contribution in [0.15, 0.2) is 59.0 Å². The molecule has 0 saturated carbocycles. The quantitative estimate of drug-likeness (QED) is 0.640. The number of methoxy groups -OCH3 is 1. The lowest BCUT2D eigenvalue weighted by Gasteiger charge is -2.22. The van der Waals surface area contributed by atoms with Crippen LogP contribution in [-0.4, -0.2) is 35.2 Å². The zero-order chi connectivity index (χ0) is 19.2. The maximum Gasteiger partial charge on any atom is 0.235 e. The van der Waals surface area contributed by atoms with Gasteiger partial charge in [-0.2, -0.15) is 0 Å². The second-order valence-corrected chi connectivity index (χ2v) is 6.41. The highest BCUT2D eigenvalue weighted by Crippen LogP contribution is 2.30. The minimum Gasteiger partial charge on any atom is -0.497 e. The summed E-state index contributed by atoms with van der Waals surface area (Å²) >= 11 is 0. The summed E-state index contributed by atoms with van der Waals surface area (Å²) in [5.41, 5.74) is 2.16. The molecule has 1 heterocycles. The Hall–Kier alpha value is -3.15. The number of carbonyl (C=O) groups is 1. The summed E-state index contributed by atoms with van der Waals surface area (Å²) in [5.74, 6) is 1.68. The molecule has 1 atom stereocenters. The third kappa shape index (κ3) is 4.73. The normalized spacial score (nSPS) is 11.8. The second kappa shape index (κ2) is 8.49. The van der Waals surface area contributed by atoms with E-state index < -0.39 is 0 Å². The summed E-state index contributed by atoms with van der Waals surface area (Å²) in [4.78, 5) is 14.5. The zero-order valence-corrected chi connectivity index (χ0v) is 15.8. The summed E-state index contributed by atoms with van der Waals surface area (Å²) in [7, 11) is 3.39. The molecule has 140 valence electrons. The van der Waals surface area contributed by atoms with Crippen LogP contribution in [0.5, 0.6) is 5.75 Å². The molecule has 1 aromatic heterocycles. The lowest BCUT2D eigenvalue weighted by atomic mass is 9.88. The van der Waals surface area contributed by atoms with Crippen molar-refractivity contribution in [1.82, 2.24) is 15.1 Å². The molecule has 6 heteroatoms. The molecule has 0 spiro atoms. The van der Waals surface area contributed by atoms with Gasteiger partial charge in [-0.1, -0.05) is 42.5 Å². The third-order valence-electron chi connectivity index (χ3n) is 4.46. The van der Waals surface area contributed by atoms with E-state index in [0.717, 1.165) is 16.9 Å². The Balaban J connectivity index is 1.79. The SMILES string of the molecule is COc1ccc([C@@H](CC(=O)N(C)Cc2nnc(C)o2)c2ccccc2)cc1. The van der Waals surface area contributed by atoms with Crippen LogP contribution in [0.25, 0.3) is 0 Å². The summed E-state index contributed by atoms with van der Waals surface area (Å²) in [6.07, 6.45) is 0.347. The van der Waals surface area contributed by atoms with Crippen LogP contribution in [0, 0.1) is 6.92 Å². The number of benzene rings is 2. The smallest absolute Gasteiger partial charge is 0.235 e. The first-order chi connectivity index (χ1) is 13.1. The summed E-state index contributed by atoms with van der Waals surface area (Å²) < 4.78 is 10.6. The molecule has 0 aliphatic carbocycles. The molecule has 0 aliphatic rings. The van der Waals surface area contributed by atoms with Crippen molar-refractivity contribution in [3.05, 3.63) is 77.5 Å². The second-order valence-electron chi connectivity index (χ2n) is 6.41. The van der Waals surface area contributed by atoms with E-state index in [1.165, 1.54) is 0 Å². The van der Waals surface area contributed by atoms with Crippen molar-refractivity contribution in [1.29, 1.82) is 0 Å². The molecule has 0 unspecified atom stereocenters. The van der Waals surface area contributed by atoms with Crippen LogP contribution >= 0.6 is 0 Å². The highest BCUT2D eigenvalue weighted by atomic mass is 16.5. The van der Waals surface area contributed by atoms with Gasteiger partial charge in [-0.05, 0) is 23.3 Å². The van der Waals surface area contributed by atoms with Gasteiger partial charge in [-0.3, -0.25) is 4.79 Å². The number of carbonyl (C=O) groups excluding carboxylic acids is 1. The first-order valence-corrected chi connectivity index (χ1v) is 8.78. The first kappa shape index (κ1) is 18.6. The number of hydrogen-bond donors (Lipinski definition) is 0. The van der Waals surface area contributed by atoms with Gasteiger partial charge in [0.2, 0.25) is 17.7 Å². The van der Waals surface area contributed by atoms with E-state index >= 15 is 0 Å². The number of aryl methyl sites for hydroxylation is 1. The van der Waals surface area contributed by atoms with Gasteiger partial charge in [0, 0.05) is 26.3 Å². The van der Waals surface area contributed by atoms with Gasteiger partial charge in [-0.15, -0.1) is 10.2 Å². The molecule has 2 aromatic carbocycles. The summed E-state index contributed by atoms with van der Waals surface area (Å²) in [6, 6.07) is 17.9.